The van der Waals surface area contributed by atoms with E-state index >= 15 is 0 Å². The highest BCUT2D eigenvalue weighted by Crippen LogP contribution is 2.24. The molecule has 7 nitrogen and oxygen atoms in total. The number of hydrogen-bond acceptors (Lipinski definition) is 6. The Hall–Kier alpha value is -2.03. The molecule has 2 aromatic rings. The summed E-state index contributed by atoms with van der Waals surface area (Å²) in [4.78, 5) is 12.0. The second kappa shape index (κ2) is 7.53. The summed E-state index contributed by atoms with van der Waals surface area (Å²) in [7, 11) is -3.49. The normalized spacial score (nSPS) is 18.8. The summed E-state index contributed by atoms with van der Waals surface area (Å²) >= 11 is 0. The molecule has 2 aliphatic heterocycles. The van der Waals surface area contributed by atoms with Crippen molar-refractivity contribution in [2.75, 3.05) is 44.3 Å². The highest BCUT2D eigenvalue weighted by atomic mass is 32.2. The molecule has 3 heterocycles. The first kappa shape index (κ1) is 18.3. The molecule has 0 atom stereocenters. The van der Waals surface area contributed by atoms with E-state index in [2.05, 4.69) is 9.88 Å². The maximum atomic E-state index is 13.0. The Balaban J connectivity index is 1.58. The molecule has 1 fully saturated rings. The molecule has 1 aromatic heterocycles. The van der Waals surface area contributed by atoms with Crippen LogP contribution in [0.4, 0.5) is 5.95 Å². The molecule has 1 saturated heterocycles. The molecule has 144 valence electrons. The predicted octanol–water partition coefficient (Wildman–Crippen LogP) is 1.41. The van der Waals surface area contributed by atoms with E-state index in [1.54, 1.807) is 28.6 Å². The van der Waals surface area contributed by atoms with Gasteiger partial charge in [-0.2, -0.15) is 4.31 Å². The second-order valence-electron chi connectivity index (χ2n) is 6.85. The highest BCUT2D eigenvalue weighted by molar-refractivity contribution is 7.89. The number of rotatable bonds is 3. The van der Waals surface area contributed by atoms with Crippen molar-refractivity contribution in [1.82, 2.24) is 14.3 Å². The maximum absolute atomic E-state index is 13.0. The Morgan fingerprint density at radius 3 is 2.41 bits per heavy atom. The molecule has 1 aromatic carbocycles. The molecule has 0 saturated carbocycles. The zero-order chi connectivity index (χ0) is 18.9. The van der Waals surface area contributed by atoms with Gasteiger partial charge in [0.15, 0.2) is 0 Å². The van der Waals surface area contributed by atoms with Gasteiger partial charge in [0.05, 0.1) is 23.8 Å². The van der Waals surface area contributed by atoms with Crippen LogP contribution in [-0.2, 0) is 27.6 Å². The third kappa shape index (κ3) is 3.69. The van der Waals surface area contributed by atoms with Gasteiger partial charge in [-0.25, -0.2) is 18.4 Å². The van der Waals surface area contributed by atoms with E-state index in [0.717, 1.165) is 36.0 Å². The number of morpholine rings is 1. The standard InChI is InChI=1S/C19H24N4O3S/c1-15-17-7-9-23(27(24,25)16-5-3-2-4-6-16)10-8-18(17)21-19(20-15)22-11-13-26-14-12-22/h2-6H,7-14H2,1H3. The fraction of sp³-hybridized carbons (Fsp3) is 0.474. The van der Waals surface area contributed by atoms with Gasteiger partial charge in [0.25, 0.3) is 0 Å². The first-order valence-corrected chi connectivity index (χ1v) is 10.7. The van der Waals surface area contributed by atoms with E-state index < -0.39 is 10.0 Å². The minimum atomic E-state index is -3.49. The number of fused-ring (bicyclic) bond motifs is 1. The number of nitrogens with zero attached hydrogens (tertiary/aromatic N) is 4. The van der Waals surface area contributed by atoms with Crippen LogP contribution >= 0.6 is 0 Å². The van der Waals surface area contributed by atoms with Gasteiger partial charge in [-0.15, -0.1) is 0 Å². The van der Waals surface area contributed by atoms with Crippen LogP contribution in [0.2, 0.25) is 0 Å². The largest absolute Gasteiger partial charge is 0.378 e. The molecular weight excluding hydrogens is 364 g/mol. The van der Waals surface area contributed by atoms with Gasteiger partial charge in [-0.3, -0.25) is 0 Å². The van der Waals surface area contributed by atoms with Crippen LogP contribution < -0.4 is 4.90 Å². The van der Waals surface area contributed by atoms with Gasteiger partial charge in [0, 0.05) is 38.3 Å². The minimum Gasteiger partial charge on any atom is -0.378 e. The quantitative estimate of drug-likeness (QED) is 0.791. The van der Waals surface area contributed by atoms with E-state index in [9.17, 15) is 8.42 Å². The van der Waals surface area contributed by atoms with Crippen molar-refractivity contribution in [3.05, 3.63) is 47.3 Å². The lowest BCUT2D eigenvalue weighted by Gasteiger charge is -2.27. The first-order valence-electron chi connectivity index (χ1n) is 9.30. The predicted molar refractivity (Wildman–Crippen MR) is 102 cm³/mol. The van der Waals surface area contributed by atoms with Crippen molar-refractivity contribution in [3.8, 4) is 0 Å². The fourth-order valence-electron chi connectivity index (χ4n) is 3.64. The van der Waals surface area contributed by atoms with Crippen LogP contribution in [0.15, 0.2) is 35.2 Å². The lowest BCUT2D eigenvalue weighted by Crippen LogP contribution is -2.37. The van der Waals surface area contributed by atoms with Gasteiger partial charge in [0.2, 0.25) is 16.0 Å². The molecular formula is C19H24N4O3S. The van der Waals surface area contributed by atoms with E-state index in [4.69, 9.17) is 9.72 Å². The van der Waals surface area contributed by atoms with E-state index in [1.807, 2.05) is 13.0 Å². The number of aromatic nitrogens is 2. The van der Waals surface area contributed by atoms with Crippen molar-refractivity contribution in [2.24, 2.45) is 0 Å². The third-order valence-corrected chi connectivity index (χ3v) is 7.08. The number of benzene rings is 1. The van der Waals surface area contributed by atoms with Gasteiger partial charge in [0.1, 0.15) is 0 Å². The summed E-state index contributed by atoms with van der Waals surface area (Å²) < 4.78 is 32.9. The van der Waals surface area contributed by atoms with Crippen LogP contribution in [0.1, 0.15) is 17.0 Å². The van der Waals surface area contributed by atoms with E-state index in [0.29, 0.717) is 44.0 Å². The number of hydrogen-bond donors (Lipinski definition) is 0. The van der Waals surface area contributed by atoms with Gasteiger partial charge < -0.3 is 9.64 Å². The summed E-state index contributed by atoms with van der Waals surface area (Å²) in [6.45, 7) is 5.81. The topological polar surface area (TPSA) is 75.6 Å². The average molecular weight is 388 g/mol. The van der Waals surface area contributed by atoms with Crippen molar-refractivity contribution < 1.29 is 13.2 Å². The van der Waals surface area contributed by atoms with Crippen molar-refractivity contribution in [3.63, 3.8) is 0 Å². The summed E-state index contributed by atoms with van der Waals surface area (Å²) in [6, 6.07) is 8.63. The Bertz CT molecular complexity index is 912. The Kier molecular flexibility index (Phi) is 5.12. The van der Waals surface area contributed by atoms with Gasteiger partial charge >= 0.3 is 0 Å². The summed E-state index contributed by atoms with van der Waals surface area (Å²) in [5.74, 6) is 0.730. The molecule has 0 aliphatic carbocycles. The van der Waals surface area contributed by atoms with Crippen molar-refractivity contribution >= 4 is 16.0 Å². The highest BCUT2D eigenvalue weighted by Gasteiger charge is 2.28. The Morgan fingerprint density at radius 1 is 0.963 bits per heavy atom. The lowest BCUT2D eigenvalue weighted by atomic mass is 10.1. The molecule has 4 rings (SSSR count). The SMILES string of the molecule is Cc1nc(N2CCOCC2)nc2c1CCN(S(=O)(=O)c1ccccc1)CC2. The number of aryl methyl sites for hydroxylation is 1. The van der Waals surface area contributed by atoms with Crippen LogP contribution in [0.3, 0.4) is 0 Å². The molecule has 0 unspecified atom stereocenters. The zero-order valence-electron chi connectivity index (χ0n) is 15.5. The van der Waals surface area contributed by atoms with E-state index in [1.165, 1.54) is 0 Å². The van der Waals surface area contributed by atoms with Gasteiger partial charge in [-0.05, 0) is 31.0 Å². The Labute approximate surface area is 160 Å². The van der Waals surface area contributed by atoms with E-state index in [-0.39, 0.29) is 0 Å². The minimum absolute atomic E-state index is 0.341. The van der Waals surface area contributed by atoms with Crippen LogP contribution in [0, 0.1) is 6.92 Å². The summed E-state index contributed by atoms with van der Waals surface area (Å²) in [5.41, 5.74) is 2.99. The molecule has 8 heteroatoms. The van der Waals surface area contributed by atoms with Gasteiger partial charge in [-0.1, -0.05) is 18.2 Å². The molecule has 27 heavy (non-hydrogen) atoms. The van der Waals surface area contributed by atoms with Crippen LogP contribution in [0.25, 0.3) is 0 Å². The smallest absolute Gasteiger partial charge is 0.243 e. The summed E-state index contributed by atoms with van der Waals surface area (Å²) in [6.07, 6.45) is 1.23. The molecule has 0 N–H and O–H groups in total. The second-order valence-corrected chi connectivity index (χ2v) is 8.79. The zero-order valence-corrected chi connectivity index (χ0v) is 16.3. The lowest BCUT2D eigenvalue weighted by molar-refractivity contribution is 0.122. The third-order valence-electron chi connectivity index (χ3n) is 5.17. The monoisotopic (exact) mass is 388 g/mol. The average Bonchev–Trinajstić information content (AvgIpc) is 2.93. The maximum Gasteiger partial charge on any atom is 0.243 e. The molecule has 0 bridgehead atoms. The van der Waals surface area contributed by atoms with Crippen LogP contribution in [0.5, 0.6) is 0 Å². The fourth-order valence-corrected chi connectivity index (χ4v) is 5.10. The summed E-state index contributed by atoms with van der Waals surface area (Å²) in [5, 5.41) is 0. The van der Waals surface area contributed by atoms with Crippen molar-refractivity contribution in [2.45, 2.75) is 24.7 Å². The first-order chi connectivity index (χ1) is 13.1. The number of sulfonamides is 1. The van der Waals surface area contributed by atoms with Crippen molar-refractivity contribution in [1.29, 1.82) is 0 Å². The number of ether oxygens (including phenoxy) is 1. The molecule has 0 radical (unpaired) electrons. The molecule has 2 aliphatic rings. The Morgan fingerprint density at radius 2 is 1.67 bits per heavy atom. The number of anilines is 1. The van der Waals surface area contributed by atoms with Crippen LogP contribution in [-0.4, -0.2) is 62.1 Å². The molecule has 0 amide bonds. The molecule has 0 spiro atoms.